The summed E-state index contributed by atoms with van der Waals surface area (Å²) in [6.45, 7) is 9.02. The summed E-state index contributed by atoms with van der Waals surface area (Å²) >= 11 is 0. The van der Waals surface area contributed by atoms with Crippen LogP contribution in [0.15, 0.2) is 48.5 Å². The minimum atomic E-state index is -0.419. The molecular weight excluding hydrogens is 503 g/mol. The molecule has 2 aliphatic rings. The van der Waals surface area contributed by atoms with E-state index in [9.17, 15) is 14.0 Å². The average molecular weight is 547 g/mol. The van der Waals surface area contributed by atoms with Crippen LogP contribution in [-0.4, -0.2) is 74.8 Å². The quantitative estimate of drug-likeness (QED) is 0.447. The molecule has 0 spiro atoms. The molecule has 0 aliphatic carbocycles. The maximum Gasteiger partial charge on any atom is 0.338 e. The fourth-order valence-electron chi connectivity index (χ4n) is 4.26. The van der Waals surface area contributed by atoms with E-state index in [4.69, 9.17) is 19.7 Å². The highest BCUT2D eigenvalue weighted by Gasteiger charge is 2.19. The van der Waals surface area contributed by atoms with E-state index in [1.54, 1.807) is 13.8 Å². The SMILES string of the molecule is CCOC(=O)c1ccc(F)cc1.CCOC(=O)c1ccc(N2CCC(CO)CC2)cc1.OCC1CCNCC1. The van der Waals surface area contributed by atoms with Gasteiger partial charge in [-0.1, -0.05) is 0 Å². The zero-order chi connectivity index (χ0) is 28.5. The van der Waals surface area contributed by atoms with Gasteiger partial charge < -0.3 is 29.9 Å². The molecule has 39 heavy (non-hydrogen) atoms. The Kier molecular flexibility index (Phi) is 15.1. The predicted molar refractivity (Wildman–Crippen MR) is 149 cm³/mol. The molecule has 8 nitrogen and oxygen atoms in total. The zero-order valence-corrected chi connectivity index (χ0v) is 23.1. The highest BCUT2D eigenvalue weighted by molar-refractivity contribution is 5.90. The van der Waals surface area contributed by atoms with E-state index in [0.29, 0.717) is 42.8 Å². The lowest BCUT2D eigenvalue weighted by molar-refractivity contribution is 0.0516. The first-order valence-electron chi connectivity index (χ1n) is 13.8. The van der Waals surface area contributed by atoms with Gasteiger partial charge in [-0.3, -0.25) is 0 Å². The molecule has 0 saturated carbocycles. The van der Waals surface area contributed by atoms with Crippen molar-refractivity contribution in [1.29, 1.82) is 0 Å². The van der Waals surface area contributed by atoms with Crippen LogP contribution >= 0.6 is 0 Å². The van der Waals surface area contributed by atoms with Gasteiger partial charge >= 0.3 is 11.9 Å². The third-order valence-electron chi connectivity index (χ3n) is 6.69. The van der Waals surface area contributed by atoms with E-state index >= 15 is 0 Å². The second kappa shape index (κ2) is 18.3. The van der Waals surface area contributed by atoms with Gasteiger partial charge in [0.2, 0.25) is 0 Å². The van der Waals surface area contributed by atoms with Crippen LogP contribution in [0.4, 0.5) is 10.1 Å². The maximum atomic E-state index is 12.4. The molecule has 0 bridgehead atoms. The Balaban J connectivity index is 0.000000227. The molecule has 216 valence electrons. The first kappa shape index (κ1) is 32.2. The summed E-state index contributed by atoms with van der Waals surface area (Å²) in [5, 5.41) is 21.0. The minimum Gasteiger partial charge on any atom is -0.462 e. The van der Waals surface area contributed by atoms with Crippen molar-refractivity contribution >= 4 is 17.6 Å². The number of hydrogen-bond donors (Lipinski definition) is 3. The van der Waals surface area contributed by atoms with E-state index < -0.39 is 5.97 Å². The summed E-state index contributed by atoms with van der Waals surface area (Å²) in [6, 6.07) is 12.8. The lowest BCUT2D eigenvalue weighted by Crippen LogP contribution is -2.34. The molecule has 3 N–H and O–H groups in total. The van der Waals surface area contributed by atoms with E-state index in [0.717, 1.165) is 57.5 Å². The maximum absolute atomic E-state index is 12.4. The second-order valence-electron chi connectivity index (χ2n) is 9.48. The Labute approximate surface area is 231 Å². The largest absolute Gasteiger partial charge is 0.462 e. The number of piperidine rings is 2. The smallest absolute Gasteiger partial charge is 0.338 e. The number of aliphatic hydroxyl groups excluding tert-OH is 2. The number of rotatable bonds is 7. The highest BCUT2D eigenvalue weighted by atomic mass is 19.1. The molecule has 2 aliphatic heterocycles. The zero-order valence-electron chi connectivity index (χ0n) is 23.1. The van der Waals surface area contributed by atoms with Gasteiger partial charge in [-0.25, -0.2) is 14.0 Å². The monoisotopic (exact) mass is 546 g/mol. The number of hydrogen-bond acceptors (Lipinski definition) is 8. The Bertz CT molecular complexity index is 956. The summed E-state index contributed by atoms with van der Waals surface area (Å²) in [5.41, 5.74) is 2.10. The number of nitrogens with zero attached hydrogens (tertiary/aromatic N) is 1. The molecule has 0 unspecified atom stereocenters. The highest BCUT2D eigenvalue weighted by Crippen LogP contribution is 2.23. The molecular formula is C30H43FN2O6. The number of halogens is 1. The summed E-state index contributed by atoms with van der Waals surface area (Å²) in [6.07, 6.45) is 4.35. The summed E-state index contributed by atoms with van der Waals surface area (Å²) in [5.74, 6) is -0.0279. The summed E-state index contributed by atoms with van der Waals surface area (Å²) in [7, 11) is 0. The number of benzene rings is 2. The van der Waals surface area contributed by atoms with Gasteiger partial charge in [-0.2, -0.15) is 0 Å². The number of nitrogens with one attached hydrogen (secondary N) is 1. The molecule has 9 heteroatoms. The molecule has 0 aromatic heterocycles. The van der Waals surface area contributed by atoms with Gasteiger partial charge in [-0.05, 0) is 113 Å². The first-order valence-corrected chi connectivity index (χ1v) is 13.8. The van der Waals surface area contributed by atoms with Crippen LogP contribution in [0.1, 0.15) is 60.2 Å². The van der Waals surface area contributed by atoms with Crippen molar-refractivity contribution in [1.82, 2.24) is 5.32 Å². The van der Waals surface area contributed by atoms with Crippen LogP contribution in [0, 0.1) is 17.7 Å². The van der Waals surface area contributed by atoms with Crippen molar-refractivity contribution < 1.29 is 33.7 Å². The van der Waals surface area contributed by atoms with E-state index in [1.807, 2.05) is 24.3 Å². The van der Waals surface area contributed by atoms with Crippen molar-refractivity contribution in [2.24, 2.45) is 11.8 Å². The van der Waals surface area contributed by atoms with Crippen molar-refractivity contribution in [3.63, 3.8) is 0 Å². The molecule has 0 radical (unpaired) electrons. The fourth-order valence-corrected chi connectivity index (χ4v) is 4.26. The van der Waals surface area contributed by atoms with E-state index in [-0.39, 0.29) is 18.4 Å². The molecule has 2 heterocycles. The first-order chi connectivity index (χ1) is 18.9. The number of carbonyl (C=O) groups excluding carboxylic acids is 2. The summed E-state index contributed by atoms with van der Waals surface area (Å²) < 4.78 is 22.1. The Hall–Kier alpha value is -3.01. The van der Waals surface area contributed by atoms with Crippen LogP contribution in [0.2, 0.25) is 0 Å². The summed E-state index contributed by atoms with van der Waals surface area (Å²) in [4.78, 5) is 24.9. The molecule has 2 fully saturated rings. The molecule has 2 saturated heterocycles. The molecule has 4 rings (SSSR count). The lowest BCUT2D eigenvalue weighted by atomic mass is 9.97. The van der Waals surface area contributed by atoms with Crippen LogP contribution in [0.5, 0.6) is 0 Å². The molecule has 0 atom stereocenters. The van der Waals surface area contributed by atoms with Crippen LogP contribution < -0.4 is 10.2 Å². The molecule has 2 aromatic carbocycles. The third kappa shape index (κ3) is 11.7. The average Bonchev–Trinajstić information content (AvgIpc) is 2.99. The molecule has 0 amide bonds. The van der Waals surface area contributed by atoms with Crippen LogP contribution in [-0.2, 0) is 9.47 Å². The molecule has 2 aromatic rings. The van der Waals surface area contributed by atoms with Crippen LogP contribution in [0.3, 0.4) is 0 Å². The van der Waals surface area contributed by atoms with Gasteiger partial charge in [0.05, 0.1) is 24.3 Å². The second-order valence-corrected chi connectivity index (χ2v) is 9.48. The predicted octanol–water partition coefficient (Wildman–Crippen LogP) is 4.05. The van der Waals surface area contributed by atoms with Gasteiger partial charge in [-0.15, -0.1) is 0 Å². The number of esters is 2. The van der Waals surface area contributed by atoms with Gasteiger partial charge in [0.15, 0.2) is 0 Å². The van der Waals surface area contributed by atoms with Crippen LogP contribution in [0.25, 0.3) is 0 Å². The number of carbonyl (C=O) groups is 2. The van der Waals surface area contributed by atoms with Crippen molar-refractivity contribution in [2.75, 3.05) is 57.5 Å². The fraction of sp³-hybridized carbons (Fsp3) is 0.533. The van der Waals surface area contributed by atoms with Crippen molar-refractivity contribution in [3.8, 4) is 0 Å². The minimum absolute atomic E-state index is 0.270. The standard InChI is InChI=1S/C15H21NO3.C9H9FO2.C6H13NO/c1-2-19-15(18)13-3-5-14(6-4-13)16-9-7-12(11-17)8-10-16;1-2-12-9(11)7-3-5-8(10)6-4-7;8-5-6-1-3-7-4-2-6/h3-6,12,17H,2,7-11H2,1H3;3-6H,2H2,1H3;6-8H,1-5H2. The topological polar surface area (TPSA) is 108 Å². The van der Waals surface area contributed by atoms with E-state index in [2.05, 4.69) is 10.2 Å². The van der Waals surface area contributed by atoms with Crippen molar-refractivity contribution in [2.45, 2.75) is 39.5 Å². The van der Waals surface area contributed by atoms with Gasteiger partial charge in [0.25, 0.3) is 0 Å². The van der Waals surface area contributed by atoms with Crippen molar-refractivity contribution in [3.05, 3.63) is 65.5 Å². The Morgan fingerprint density at radius 3 is 1.64 bits per heavy atom. The van der Waals surface area contributed by atoms with Gasteiger partial charge in [0, 0.05) is 32.0 Å². The normalized spacial score (nSPS) is 15.8. The number of anilines is 1. The Morgan fingerprint density at radius 2 is 1.23 bits per heavy atom. The lowest BCUT2D eigenvalue weighted by Gasteiger charge is -2.32. The number of ether oxygens (including phenoxy) is 2. The third-order valence-corrected chi connectivity index (χ3v) is 6.69. The van der Waals surface area contributed by atoms with Gasteiger partial charge in [0.1, 0.15) is 5.82 Å². The van der Waals surface area contributed by atoms with E-state index in [1.165, 1.54) is 24.3 Å². The Morgan fingerprint density at radius 1 is 0.795 bits per heavy atom. The number of aliphatic hydroxyl groups is 2.